The van der Waals surface area contributed by atoms with Crippen LogP contribution < -0.4 is 5.32 Å². The fourth-order valence-corrected chi connectivity index (χ4v) is 2.49. The van der Waals surface area contributed by atoms with Crippen LogP contribution in [0, 0.1) is 11.3 Å². The van der Waals surface area contributed by atoms with Gasteiger partial charge >= 0.3 is 6.18 Å². The molecule has 1 atom stereocenters. The average Bonchev–Trinajstić information content (AvgIpc) is 2.97. The van der Waals surface area contributed by atoms with Gasteiger partial charge in [0.2, 0.25) is 0 Å². The molecule has 2 N–H and O–H groups in total. The van der Waals surface area contributed by atoms with Gasteiger partial charge in [0.1, 0.15) is 6.10 Å². The molecule has 7 heteroatoms. The Balaban J connectivity index is 2.13. The SMILES string of the molecule is N#Cc1ccc(NCC(O)c2cccs2)cc1C(F)(F)F. The lowest BCUT2D eigenvalue weighted by atomic mass is 10.1. The molecule has 2 rings (SSSR count). The summed E-state index contributed by atoms with van der Waals surface area (Å²) in [4.78, 5) is 0.729. The predicted octanol–water partition coefficient (Wildman–Crippen LogP) is 3.78. The van der Waals surface area contributed by atoms with Gasteiger partial charge in [0.25, 0.3) is 0 Å². The maximum absolute atomic E-state index is 12.8. The number of aliphatic hydroxyl groups excluding tert-OH is 1. The van der Waals surface area contributed by atoms with Crippen LogP contribution in [0.3, 0.4) is 0 Å². The molecule has 2 aromatic rings. The van der Waals surface area contributed by atoms with E-state index in [1.54, 1.807) is 12.1 Å². The third-order valence-electron chi connectivity index (χ3n) is 2.82. The van der Waals surface area contributed by atoms with Crippen molar-refractivity contribution in [1.29, 1.82) is 5.26 Å². The largest absolute Gasteiger partial charge is 0.417 e. The summed E-state index contributed by atoms with van der Waals surface area (Å²) in [5.41, 5.74) is -1.20. The number of nitrogens with one attached hydrogen (secondary N) is 1. The molecule has 1 aromatic carbocycles. The first-order chi connectivity index (χ1) is 9.91. The van der Waals surface area contributed by atoms with E-state index in [0.29, 0.717) is 0 Å². The highest BCUT2D eigenvalue weighted by Crippen LogP contribution is 2.33. The zero-order chi connectivity index (χ0) is 15.5. The molecule has 0 aliphatic heterocycles. The van der Waals surface area contributed by atoms with Crippen LogP contribution in [-0.4, -0.2) is 11.7 Å². The Morgan fingerprint density at radius 3 is 2.67 bits per heavy atom. The van der Waals surface area contributed by atoms with Crippen LogP contribution in [0.1, 0.15) is 22.1 Å². The van der Waals surface area contributed by atoms with Gasteiger partial charge in [0, 0.05) is 17.1 Å². The van der Waals surface area contributed by atoms with E-state index in [1.807, 2.05) is 5.38 Å². The molecule has 0 aliphatic rings. The third-order valence-corrected chi connectivity index (χ3v) is 3.79. The summed E-state index contributed by atoms with van der Waals surface area (Å²) in [7, 11) is 0. The topological polar surface area (TPSA) is 56.0 Å². The summed E-state index contributed by atoms with van der Waals surface area (Å²) >= 11 is 1.37. The third kappa shape index (κ3) is 3.74. The molecule has 0 radical (unpaired) electrons. The Bertz CT molecular complexity index is 647. The average molecular weight is 312 g/mol. The van der Waals surface area contributed by atoms with Crippen molar-refractivity contribution in [2.24, 2.45) is 0 Å². The van der Waals surface area contributed by atoms with Gasteiger partial charge in [-0.2, -0.15) is 18.4 Å². The molecule has 0 bridgehead atoms. The van der Waals surface area contributed by atoms with Gasteiger partial charge in [-0.3, -0.25) is 0 Å². The van der Waals surface area contributed by atoms with Crippen molar-refractivity contribution in [3.63, 3.8) is 0 Å². The molecule has 0 aliphatic carbocycles. The van der Waals surface area contributed by atoms with Gasteiger partial charge in [-0.25, -0.2) is 0 Å². The first kappa shape index (κ1) is 15.4. The number of nitrogens with zero attached hydrogens (tertiary/aromatic N) is 1. The van der Waals surface area contributed by atoms with Crippen LogP contribution in [0.5, 0.6) is 0 Å². The quantitative estimate of drug-likeness (QED) is 0.903. The minimum atomic E-state index is -4.59. The van der Waals surface area contributed by atoms with Gasteiger partial charge in [-0.05, 0) is 29.6 Å². The van der Waals surface area contributed by atoms with E-state index in [2.05, 4.69) is 5.32 Å². The lowest BCUT2D eigenvalue weighted by Crippen LogP contribution is -2.13. The van der Waals surface area contributed by atoms with Crippen molar-refractivity contribution in [1.82, 2.24) is 0 Å². The smallest absolute Gasteiger partial charge is 0.386 e. The van der Waals surface area contributed by atoms with E-state index in [-0.39, 0.29) is 12.2 Å². The summed E-state index contributed by atoms with van der Waals surface area (Å²) in [6.45, 7) is 0.0870. The molecular weight excluding hydrogens is 301 g/mol. The lowest BCUT2D eigenvalue weighted by Gasteiger charge is -2.14. The van der Waals surface area contributed by atoms with E-state index in [1.165, 1.54) is 23.5 Å². The number of aliphatic hydroxyl groups is 1. The van der Waals surface area contributed by atoms with Crippen LogP contribution in [0.15, 0.2) is 35.7 Å². The molecule has 1 unspecified atom stereocenters. The second kappa shape index (κ2) is 6.16. The number of alkyl halides is 3. The highest BCUT2D eigenvalue weighted by atomic mass is 32.1. The predicted molar refractivity (Wildman–Crippen MR) is 73.9 cm³/mol. The molecule has 1 heterocycles. The number of hydrogen-bond donors (Lipinski definition) is 2. The Kier molecular flexibility index (Phi) is 4.50. The van der Waals surface area contributed by atoms with E-state index >= 15 is 0 Å². The standard InChI is InChI=1S/C14H11F3N2OS/c15-14(16,17)11-6-10(4-3-9(11)7-18)19-8-12(20)13-2-1-5-21-13/h1-6,12,19-20H,8H2. The first-order valence-electron chi connectivity index (χ1n) is 5.98. The number of hydrogen-bond acceptors (Lipinski definition) is 4. The summed E-state index contributed by atoms with van der Waals surface area (Å²) in [6.07, 6.45) is -5.38. The number of nitriles is 1. The molecule has 1 aromatic heterocycles. The fraction of sp³-hybridized carbons (Fsp3) is 0.214. The highest BCUT2D eigenvalue weighted by molar-refractivity contribution is 7.10. The second-order valence-corrected chi connectivity index (χ2v) is 5.26. The van der Waals surface area contributed by atoms with Gasteiger partial charge < -0.3 is 10.4 Å². The van der Waals surface area contributed by atoms with Crippen LogP contribution >= 0.6 is 11.3 Å². The number of thiophene rings is 1. The normalized spacial score (nSPS) is 12.7. The molecule has 0 saturated carbocycles. The Hall–Kier alpha value is -2.04. The second-order valence-electron chi connectivity index (χ2n) is 4.28. The molecule has 110 valence electrons. The van der Waals surface area contributed by atoms with Crippen LogP contribution in [0.2, 0.25) is 0 Å². The Morgan fingerprint density at radius 1 is 1.33 bits per heavy atom. The summed E-state index contributed by atoms with van der Waals surface area (Å²) in [5.74, 6) is 0. The van der Waals surface area contributed by atoms with E-state index in [0.717, 1.165) is 17.0 Å². The Morgan fingerprint density at radius 2 is 2.10 bits per heavy atom. The van der Waals surface area contributed by atoms with Crippen molar-refractivity contribution in [3.05, 3.63) is 51.7 Å². The lowest BCUT2D eigenvalue weighted by molar-refractivity contribution is -0.137. The maximum atomic E-state index is 12.8. The zero-order valence-electron chi connectivity index (χ0n) is 10.7. The van der Waals surface area contributed by atoms with Gasteiger partial charge in [0.05, 0.1) is 17.2 Å². The number of anilines is 1. The van der Waals surface area contributed by atoms with Crippen LogP contribution in [0.25, 0.3) is 0 Å². The van der Waals surface area contributed by atoms with Crippen molar-refractivity contribution in [2.75, 3.05) is 11.9 Å². The number of halogens is 3. The van der Waals surface area contributed by atoms with E-state index < -0.39 is 23.4 Å². The highest BCUT2D eigenvalue weighted by Gasteiger charge is 2.33. The summed E-state index contributed by atoms with van der Waals surface area (Å²) in [6, 6.07) is 8.42. The van der Waals surface area contributed by atoms with Crippen molar-refractivity contribution >= 4 is 17.0 Å². The molecule has 3 nitrogen and oxygen atoms in total. The molecule has 0 fully saturated rings. The molecule has 21 heavy (non-hydrogen) atoms. The van der Waals surface area contributed by atoms with E-state index in [4.69, 9.17) is 5.26 Å². The minimum Gasteiger partial charge on any atom is -0.386 e. The van der Waals surface area contributed by atoms with Crippen molar-refractivity contribution in [3.8, 4) is 6.07 Å². The van der Waals surface area contributed by atoms with Gasteiger partial charge in [0.15, 0.2) is 0 Å². The van der Waals surface area contributed by atoms with E-state index in [9.17, 15) is 18.3 Å². The Labute approximate surface area is 123 Å². The minimum absolute atomic E-state index is 0.0870. The number of rotatable bonds is 4. The fourth-order valence-electron chi connectivity index (χ4n) is 1.78. The van der Waals surface area contributed by atoms with Crippen molar-refractivity contribution in [2.45, 2.75) is 12.3 Å². The summed E-state index contributed by atoms with van der Waals surface area (Å²) in [5, 5.41) is 23.1. The van der Waals surface area contributed by atoms with Crippen molar-refractivity contribution < 1.29 is 18.3 Å². The van der Waals surface area contributed by atoms with Crippen LogP contribution in [0.4, 0.5) is 18.9 Å². The molecule has 0 amide bonds. The molecule has 0 saturated heterocycles. The molecule has 0 spiro atoms. The maximum Gasteiger partial charge on any atom is 0.417 e. The number of benzene rings is 1. The zero-order valence-corrected chi connectivity index (χ0v) is 11.5. The van der Waals surface area contributed by atoms with Gasteiger partial charge in [-0.1, -0.05) is 6.07 Å². The summed E-state index contributed by atoms with van der Waals surface area (Å²) < 4.78 is 38.4. The van der Waals surface area contributed by atoms with Gasteiger partial charge in [-0.15, -0.1) is 11.3 Å². The monoisotopic (exact) mass is 312 g/mol. The first-order valence-corrected chi connectivity index (χ1v) is 6.86. The van der Waals surface area contributed by atoms with Crippen LogP contribution in [-0.2, 0) is 6.18 Å². The molecular formula is C14H11F3N2OS.